The zero-order valence-corrected chi connectivity index (χ0v) is 15.8. The van der Waals surface area contributed by atoms with E-state index >= 15 is 0 Å². The second-order valence-electron chi connectivity index (χ2n) is 5.26. The lowest BCUT2D eigenvalue weighted by Crippen LogP contribution is -2.49. The Hall–Kier alpha value is -1.83. The maximum Gasteiger partial charge on any atom is 0.410 e. The van der Waals surface area contributed by atoms with E-state index in [0.29, 0.717) is 6.54 Å². The number of amides is 2. The van der Waals surface area contributed by atoms with Gasteiger partial charge >= 0.3 is 11.5 Å². The Kier molecular flexibility index (Phi) is 7.49. The molecule has 0 N–H and O–H groups in total. The van der Waals surface area contributed by atoms with Crippen molar-refractivity contribution in [1.29, 1.82) is 0 Å². The summed E-state index contributed by atoms with van der Waals surface area (Å²) in [6.07, 6.45) is 2.79. The normalized spacial score (nSPS) is 16.8. The molecule has 134 valence electrons. The molecule has 8 heteroatoms. The van der Waals surface area contributed by atoms with Crippen LogP contribution in [-0.2, 0) is 16.2 Å². The fourth-order valence-corrected chi connectivity index (χ4v) is 3.07. The van der Waals surface area contributed by atoms with Crippen LogP contribution in [0.25, 0.3) is 0 Å². The minimum atomic E-state index is -0.775. The maximum atomic E-state index is 12.3. The minimum Gasteiger partial charge on any atom is -0.445 e. The molecule has 0 spiro atoms. The third-order valence-electron chi connectivity index (χ3n) is 3.39. The minimum absolute atomic E-state index is 0.124. The van der Waals surface area contributed by atoms with E-state index in [4.69, 9.17) is 21.2 Å². The predicted octanol–water partition coefficient (Wildman–Crippen LogP) is 4.06. The van der Waals surface area contributed by atoms with Crippen molar-refractivity contribution in [2.45, 2.75) is 12.6 Å². The number of hydroxylamine groups is 2. The van der Waals surface area contributed by atoms with Crippen LogP contribution in [0.2, 0.25) is 0 Å². The topological polar surface area (TPSA) is 59.1 Å². The molecule has 0 saturated carbocycles. The summed E-state index contributed by atoms with van der Waals surface area (Å²) in [5, 5.41) is 0.240. The number of hydrogen-bond acceptors (Lipinski definition) is 4. The highest BCUT2D eigenvalue weighted by atomic mass is 79.9. The summed E-state index contributed by atoms with van der Waals surface area (Å²) in [6, 6.07) is 8.86. The van der Waals surface area contributed by atoms with E-state index < -0.39 is 17.5 Å². The molecule has 0 aliphatic carbocycles. The molecule has 0 aromatic heterocycles. The number of ether oxygens (including phenoxy) is 1. The molecule has 6 nitrogen and oxygen atoms in total. The zero-order chi connectivity index (χ0) is 18.2. The van der Waals surface area contributed by atoms with Gasteiger partial charge in [0.15, 0.2) is 0 Å². The number of halogens is 2. The van der Waals surface area contributed by atoms with Crippen molar-refractivity contribution in [3.05, 3.63) is 59.1 Å². The largest absolute Gasteiger partial charge is 0.445 e. The summed E-state index contributed by atoms with van der Waals surface area (Å²) in [5.41, 5.74) is 0.894. The zero-order valence-electron chi connectivity index (χ0n) is 13.4. The summed E-state index contributed by atoms with van der Waals surface area (Å²) in [7, 11) is 0. The van der Waals surface area contributed by atoms with Crippen LogP contribution in [0.4, 0.5) is 9.59 Å². The van der Waals surface area contributed by atoms with Crippen molar-refractivity contribution >= 4 is 39.0 Å². The van der Waals surface area contributed by atoms with Crippen LogP contribution in [0.3, 0.4) is 0 Å². The van der Waals surface area contributed by atoms with Gasteiger partial charge in [-0.3, -0.25) is 9.63 Å². The highest BCUT2D eigenvalue weighted by molar-refractivity contribution is 9.11. The highest BCUT2D eigenvalue weighted by Gasteiger charge is 2.31. The van der Waals surface area contributed by atoms with E-state index in [-0.39, 0.29) is 19.8 Å². The van der Waals surface area contributed by atoms with Crippen LogP contribution >= 0.6 is 27.5 Å². The quantitative estimate of drug-likeness (QED) is 0.296. The fourth-order valence-electron chi connectivity index (χ4n) is 2.29. The van der Waals surface area contributed by atoms with Crippen LogP contribution in [0.1, 0.15) is 5.56 Å². The summed E-state index contributed by atoms with van der Waals surface area (Å²) >= 11 is 8.95. The van der Waals surface area contributed by atoms with Crippen LogP contribution in [0.5, 0.6) is 0 Å². The van der Waals surface area contributed by atoms with E-state index in [9.17, 15) is 9.59 Å². The van der Waals surface area contributed by atoms with Crippen LogP contribution in [-0.4, -0.2) is 47.2 Å². The van der Waals surface area contributed by atoms with Crippen molar-refractivity contribution < 1.29 is 19.2 Å². The summed E-state index contributed by atoms with van der Waals surface area (Å²) in [4.78, 5) is 30.7. The first-order valence-corrected chi connectivity index (χ1v) is 8.72. The fraction of sp³-hybridized carbons (Fsp3) is 0.294. The van der Waals surface area contributed by atoms with E-state index in [1.807, 2.05) is 30.3 Å². The summed E-state index contributed by atoms with van der Waals surface area (Å²) < 4.78 is 6.06. The van der Waals surface area contributed by atoms with Gasteiger partial charge < -0.3 is 9.64 Å². The predicted molar refractivity (Wildman–Crippen MR) is 98.2 cm³/mol. The smallest absolute Gasteiger partial charge is 0.410 e. The van der Waals surface area contributed by atoms with E-state index in [1.54, 1.807) is 6.08 Å². The van der Waals surface area contributed by atoms with Crippen molar-refractivity contribution in [3.8, 4) is 0 Å². The Morgan fingerprint density at radius 2 is 2.12 bits per heavy atom. The van der Waals surface area contributed by atoms with Crippen molar-refractivity contribution in [2.75, 3.05) is 19.7 Å². The molecule has 0 bridgehead atoms. The molecule has 25 heavy (non-hydrogen) atoms. The maximum absolute atomic E-state index is 12.3. The van der Waals surface area contributed by atoms with Crippen LogP contribution in [0, 0.1) is 0 Å². The second kappa shape index (κ2) is 9.60. The Bertz CT molecular complexity index is 653. The number of hydrogen-bond donors (Lipinski definition) is 0. The lowest BCUT2D eigenvalue weighted by Gasteiger charge is -2.34. The molecule has 1 aliphatic heterocycles. The standard InChI is InChI=1S/C17H18BrClN2O4/c1-2-8-25-21(16(19)22)15-9-14(18)10-20(11-15)17(23)24-12-13-6-4-3-5-7-13/h2-7,9,15H,1,8,10-12H2. The third-order valence-corrected chi connectivity index (χ3v) is 4.07. The molecule has 1 aromatic carbocycles. The van der Waals surface area contributed by atoms with Gasteiger partial charge in [-0.15, -0.1) is 6.58 Å². The van der Waals surface area contributed by atoms with Crippen molar-refractivity contribution in [2.24, 2.45) is 0 Å². The number of rotatable bonds is 6. The molecule has 0 saturated heterocycles. The third kappa shape index (κ3) is 5.88. The number of nitrogens with zero attached hydrogens (tertiary/aromatic N) is 2. The first-order chi connectivity index (χ1) is 12.0. The molecule has 0 radical (unpaired) electrons. The van der Waals surface area contributed by atoms with Crippen LogP contribution < -0.4 is 0 Å². The van der Waals surface area contributed by atoms with E-state index in [1.165, 1.54) is 11.0 Å². The number of benzene rings is 1. The average Bonchev–Trinajstić information content (AvgIpc) is 2.60. The number of carbonyl (C=O) groups is 2. The van der Waals surface area contributed by atoms with E-state index in [0.717, 1.165) is 15.1 Å². The molecule has 1 unspecified atom stereocenters. The van der Waals surface area contributed by atoms with Crippen molar-refractivity contribution in [1.82, 2.24) is 9.96 Å². The first kappa shape index (κ1) is 19.5. The number of carbonyl (C=O) groups excluding carboxylic acids is 2. The molecular weight excluding hydrogens is 412 g/mol. The van der Waals surface area contributed by atoms with Gasteiger partial charge in [0.1, 0.15) is 6.61 Å². The molecule has 2 amide bonds. The summed E-state index contributed by atoms with van der Waals surface area (Å²) in [6.45, 7) is 4.38. The molecular formula is C17H18BrClN2O4. The van der Waals surface area contributed by atoms with Crippen molar-refractivity contribution in [3.63, 3.8) is 0 Å². The Balaban J connectivity index is 2.00. The van der Waals surface area contributed by atoms with Gasteiger partial charge in [0.25, 0.3) is 0 Å². The molecule has 1 aromatic rings. The lowest BCUT2D eigenvalue weighted by atomic mass is 10.2. The molecule has 1 atom stereocenters. The average molecular weight is 430 g/mol. The second-order valence-corrected chi connectivity index (χ2v) is 6.61. The molecule has 2 rings (SSSR count). The van der Waals surface area contributed by atoms with Gasteiger partial charge in [-0.1, -0.05) is 52.3 Å². The molecule has 1 aliphatic rings. The van der Waals surface area contributed by atoms with Gasteiger partial charge in [-0.05, 0) is 23.2 Å². The van der Waals surface area contributed by atoms with Gasteiger partial charge in [0.05, 0.1) is 25.7 Å². The lowest BCUT2D eigenvalue weighted by molar-refractivity contribution is -0.119. The van der Waals surface area contributed by atoms with Gasteiger partial charge in [0.2, 0.25) is 0 Å². The van der Waals surface area contributed by atoms with Crippen LogP contribution in [0.15, 0.2) is 53.5 Å². The summed E-state index contributed by atoms with van der Waals surface area (Å²) in [5.74, 6) is 0. The Labute approximate surface area is 159 Å². The Morgan fingerprint density at radius 1 is 1.40 bits per heavy atom. The SMILES string of the molecule is C=CCON(C(=O)Cl)C1C=C(Br)CN(C(=O)OCc2ccccc2)C1. The van der Waals surface area contributed by atoms with Gasteiger partial charge in [0, 0.05) is 4.48 Å². The Morgan fingerprint density at radius 3 is 2.76 bits per heavy atom. The monoisotopic (exact) mass is 428 g/mol. The van der Waals surface area contributed by atoms with E-state index in [2.05, 4.69) is 22.5 Å². The van der Waals surface area contributed by atoms with Gasteiger partial charge in [-0.2, -0.15) is 5.06 Å². The van der Waals surface area contributed by atoms with Gasteiger partial charge in [-0.25, -0.2) is 4.79 Å². The first-order valence-electron chi connectivity index (χ1n) is 7.55. The highest BCUT2D eigenvalue weighted by Crippen LogP contribution is 2.21. The molecule has 0 fully saturated rings. The molecule has 1 heterocycles.